The number of rotatable bonds is 3. The first-order valence-electron chi connectivity index (χ1n) is 9.56. The number of carbonyl (C=O) groups is 1. The molecular weight excluding hydrogens is 336 g/mol. The lowest BCUT2D eigenvalue weighted by Gasteiger charge is -2.32. The molecule has 2 fully saturated rings. The Labute approximate surface area is 158 Å². The smallest absolute Gasteiger partial charge is 0.252 e. The highest BCUT2D eigenvalue weighted by atomic mass is 16.1. The first-order chi connectivity index (χ1) is 13.3. The van der Waals surface area contributed by atoms with Gasteiger partial charge in [0.1, 0.15) is 0 Å². The third kappa shape index (κ3) is 2.93. The molecule has 0 radical (unpaired) electrons. The standard InChI is InChI=1S/C22H22N4O/c27-20(18-8-3-6-16-5-1-2-7-17(16)18)25-19-15-22(19)9-13-26(14-10-22)21-23-11-4-12-24-21/h1-8,11-12,19H,9-10,13-15H2,(H,25,27). The van der Waals surface area contributed by atoms with Crippen LogP contribution in [0.15, 0.2) is 60.9 Å². The van der Waals surface area contributed by atoms with Crippen molar-refractivity contribution in [2.24, 2.45) is 5.41 Å². The van der Waals surface area contributed by atoms with Gasteiger partial charge in [-0.2, -0.15) is 0 Å². The predicted molar refractivity (Wildman–Crippen MR) is 106 cm³/mol. The summed E-state index contributed by atoms with van der Waals surface area (Å²) in [7, 11) is 0. The first-order valence-corrected chi connectivity index (χ1v) is 9.56. The van der Waals surface area contributed by atoms with Crippen LogP contribution in [-0.4, -0.2) is 35.0 Å². The van der Waals surface area contributed by atoms with E-state index in [0.29, 0.717) is 0 Å². The van der Waals surface area contributed by atoms with E-state index in [4.69, 9.17) is 0 Å². The predicted octanol–water partition coefficient (Wildman–Crippen LogP) is 3.42. The van der Waals surface area contributed by atoms with Gasteiger partial charge < -0.3 is 10.2 Å². The van der Waals surface area contributed by atoms with Crippen LogP contribution in [0.4, 0.5) is 5.95 Å². The quantitative estimate of drug-likeness (QED) is 0.779. The summed E-state index contributed by atoms with van der Waals surface area (Å²) in [5.41, 5.74) is 1.02. The van der Waals surface area contributed by atoms with Gasteiger partial charge in [-0.05, 0) is 47.6 Å². The second kappa shape index (κ2) is 6.34. The van der Waals surface area contributed by atoms with Gasteiger partial charge >= 0.3 is 0 Å². The van der Waals surface area contributed by atoms with Gasteiger partial charge in [0.2, 0.25) is 5.95 Å². The molecule has 1 N–H and O–H groups in total. The normalized spacial score (nSPS) is 20.6. The number of nitrogens with zero attached hydrogens (tertiary/aromatic N) is 3. The zero-order valence-electron chi connectivity index (χ0n) is 15.1. The van der Waals surface area contributed by atoms with Gasteiger partial charge in [-0.15, -0.1) is 0 Å². The number of hydrogen-bond donors (Lipinski definition) is 1. The highest BCUT2D eigenvalue weighted by Crippen LogP contribution is 2.54. The minimum atomic E-state index is 0.0440. The largest absolute Gasteiger partial charge is 0.349 e. The molecule has 5 nitrogen and oxygen atoms in total. The van der Waals surface area contributed by atoms with Gasteiger partial charge in [-0.1, -0.05) is 36.4 Å². The highest BCUT2D eigenvalue weighted by molar-refractivity contribution is 6.07. The second-order valence-electron chi connectivity index (χ2n) is 7.66. The third-order valence-electron chi connectivity index (χ3n) is 6.12. The summed E-state index contributed by atoms with van der Waals surface area (Å²) in [6, 6.07) is 16.1. The number of carbonyl (C=O) groups excluding carboxylic acids is 1. The number of anilines is 1. The van der Waals surface area contributed by atoms with Crippen molar-refractivity contribution in [2.45, 2.75) is 25.3 Å². The Morgan fingerprint density at radius 3 is 2.56 bits per heavy atom. The second-order valence-corrected chi connectivity index (χ2v) is 7.66. The zero-order chi connectivity index (χ0) is 18.3. The first kappa shape index (κ1) is 16.2. The van der Waals surface area contributed by atoms with Crippen LogP contribution in [0, 0.1) is 5.41 Å². The molecular formula is C22H22N4O. The van der Waals surface area contributed by atoms with Crippen molar-refractivity contribution in [1.82, 2.24) is 15.3 Å². The molecule has 136 valence electrons. The summed E-state index contributed by atoms with van der Waals surface area (Å²) < 4.78 is 0. The van der Waals surface area contributed by atoms with E-state index in [0.717, 1.165) is 54.6 Å². The SMILES string of the molecule is O=C(NC1CC12CCN(c1ncccn1)CC2)c1cccc2ccccc12. The molecule has 1 saturated heterocycles. The Morgan fingerprint density at radius 1 is 1.00 bits per heavy atom. The van der Waals surface area contributed by atoms with Crippen LogP contribution in [0.3, 0.4) is 0 Å². The summed E-state index contributed by atoms with van der Waals surface area (Å²) in [6.07, 6.45) is 6.80. The maximum absolute atomic E-state index is 12.9. The maximum atomic E-state index is 12.9. The van der Waals surface area contributed by atoms with E-state index in [1.165, 1.54) is 0 Å². The molecule has 27 heavy (non-hydrogen) atoms. The molecule has 1 aliphatic carbocycles. The van der Waals surface area contributed by atoms with Crippen LogP contribution in [-0.2, 0) is 0 Å². The van der Waals surface area contributed by atoms with E-state index < -0.39 is 0 Å². The molecule has 1 aliphatic heterocycles. The van der Waals surface area contributed by atoms with Gasteiger partial charge in [-0.25, -0.2) is 9.97 Å². The highest BCUT2D eigenvalue weighted by Gasteiger charge is 2.55. The van der Waals surface area contributed by atoms with Gasteiger partial charge in [0.15, 0.2) is 0 Å². The van der Waals surface area contributed by atoms with Crippen molar-refractivity contribution < 1.29 is 4.79 Å². The van der Waals surface area contributed by atoms with Crippen molar-refractivity contribution in [3.05, 3.63) is 66.5 Å². The number of nitrogens with one attached hydrogen (secondary N) is 1. The topological polar surface area (TPSA) is 58.1 Å². The molecule has 2 aromatic carbocycles. The van der Waals surface area contributed by atoms with Crippen LogP contribution in [0.25, 0.3) is 10.8 Å². The molecule has 1 saturated carbocycles. The van der Waals surface area contributed by atoms with Gasteiger partial charge in [0.25, 0.3) is 5.91 Å². The summed E-state index contributed by atoms with van der Waals surface area (Å²) in [5.74, 6) is 0.854. The maximum Gasteiger partial charge on any atom is 0.252 e. The van der Waals surface area contributed by atoms with Gasteiger partial charge in [-0.3, -0.25) is 4.79 Å². The van der Waals surface area contributed by atoms with E-state index in [1.54, 1.807) is 12.4 Å². The van der Waals surface area contributed by atoms with Gasteiger partial charge in [0.05, 0.1) is 0 Å². The Hall–Kier alpha value is -2.95. The van der Waals surface area contributed by atoms with E-state index in [2.05, 4.69) is 20.2 Å². The molecule has 2 aliphatic rings. The Kier molecular flexibility index (Phi) is 3.81. The van der Waals surface area contributed by atoms with Crippen molar-refractivity contribution in [1.29, 1.82) is 0 Å². The molecule has 5 rings (SSSR count). The lowest BCUT2D eigenvalue weighted by Crippen LogP contribution is -2.39. The number of fused-ring (bicyclic) bond motifs is 1. The zero-order valence-corrected chi connectivity index (χ0v) is 15.1. The number of amides is 1. The van der Waals surface area contributed by atoms with Crippen LogP contribution in [0.2, 0.25) is 0 Å². The molecule has 5 heteroatoms. The molecule has 1 unspecified atom stereocenters. The average Bonchev–Trinajstić information content (AvgIpc) is 3.39. The molecule has 2 heterocycles. The lowest BCUT2D eigenvalue weighted by molar-refractivity contribution is 0.0945. The number of benzene rings is 2. The molecule has 3 aromatic rings. The molecule has 1 spiro atoms. The fourth-order valence-corrected chi connectivity index (χ4v) is 4.37. The van der Waals surface area contributed by atoms with Crippen LogP contribution in [0.1, 0.15) is 29.6 Å². The van der Waals surface area contributed by atoms with E-state index >= 15 is 0 Å². The Bertz CT molecular complexity index is 975. The number of hydrogen-bond acceptors (Lipinski definition) is 4. The fourth-order valence-electron chi connectivity index (χ4n) is 4.37. The number of aromatic nitrogens is 2. The van der Waals surface area contributed by atoms with E-state index in [-0.39, 0.29) is 17.4 Å². The van der Waals surface area contributed by atoms with Crippen LogP contribution in [0.5, 0.6) is 0 Å². The van der Waals surface area contributed by atoms with Crippen molar-refractivity contribution >= 4 is 22.6 Å². The van der Waals surface area contributed by atoms with Crippen molar-refractivity contribution in [3.63, 3.8) is 0 Å². The summed E-state index contributed by atoms with van der Waals surface area (Å²) in [5, 5.41) is 5.41. The van der Waals surface area contributed by atoms with Gasteiger partial charge in [0, 0.05) is 37.1 Å². The molecule has 1 amide bonds. The summed E-state index contributed by atoms with van der Waals surface area (Å²) in [4.78, 5) is 23.8. The van der Waals surface area contributed by atoms with Crippen molar-refractivity contribution in [3.8, 4) is 0 Å². The fraction of sp³-hybridized carbons (Fsp3) is 0.318. The summed E-state index contributed by atoms with van der Waals surface area (Å²) in [6.45, 7) is 1.90. The Balaban J connectivity index is 1.25. The average molecular weight is 358 g/mol. The monoisotopic (exact) mass is 358 g/mol. The lowest BCUT2D eigenvalue weighted by atomic mass is 9.92. The molecule has 0 bridgehead atoms. The van der Waals surface area contributed by atoms with Crippen LogP contribution < -0.4 is 10.2 Å². The van der Waals surface area contributed by atoms with E-state index in [1.807, 2.05) is 48.5 Å². The van der Waals surface area contributed by atoms with Crippen LogP contribution >= 0.6 is 0 Å². The third-order valence-corrected chi connectivity index (χ3v) is 6.12. The minimum absolute atomic E-state index is 0.0440. The number of piperidine rings is 1. The minimum Gasteiger partial charge on any atom is -0.349 e. The Morgan fingerprint density at radius 2 is 1.74 bits per heavy atom. The van der Waals surface area contributed by atoms with E-state index in [9.17, 15) is 4.79 Å². The van der Waals surface area contributed by atoms with Crippen molar-refractivity contribution in [2.75, 3.05) is 18.0 Å². The molecule has 1 aromatic heterocycles. The summed E-state index contributed by atoms with van der Waals surface area (Å²) >= 11 is 0. The molecule has 1 atom stereocenters.